The molecule has 0 spiro atoms. The predicted octanol–water partition coefficient (Wildman–Crippen LogP) is 1.09. The molecule has 17 heavy (non-hydrogen) atoms. The van der Waals surface area contributed by atoms with Crippen molar-refractivity contribution in [3.63, 3.8) is 0 Å². The van der Waals surface area contributed by atoms with Gasteiger partial charge in [0.05, 0.1) is 23.0 Å². The molecule has 3 saturated heterocycles. The van der Waals surface area contributed by atoms with Crippen LogP contribution >= 0.6 is 0 Å². The number of carbonyl (C=O) groups excluding carboxylic acids is 2. The second-order valence-corrected chi connectivity index (χ2v) is 6.31. The van der Waals surface area contributed by atoms with Crippen molar-refractivity contribution < 1.29 is 14.3 Å². The maximum absolute atomic E-state index is 12.6. The molecule has 3 aliphatic heterocycles. The van der Waals surface area contributed by atoms with Crippen molar-refractivity contribution in [3.05, 3.63) is 0 Å². The molecule has 4 nitrogen and oxygen atoms in total. The summed E-state index contributed by atoms with van der Waals surface area (Å²) in [6.07, 6.45) is 3.73. The third kappa shape index (κ3) is 0.823. The van der Waals surface area contributed by atoms with Crippen molar-refractivity contribution in [1.82, 2.24) is 4.90 Å². The number of hydrogen-bond acceptors (Lipinski definition) is 3. The average Bonchev–Trinajstić information content (AvgIpc) is 2.91. The summed E-state index contributed by atoms with van der Waals surface area (Å²) >= 11 is 0. The van der Waals surface area contributed by atoms with Crippen LogP contribution in [-0.2, 0) is 14.3 Å². The van der Waals surface area contributed by atoms with Crippen LogP contribution in [0.2, 0.25) is 0 Å². The summed E-state index contributed by atoms with van der Waals surface area (Å²) in [6, 6.07) is 0.189. The Hall–Kier alpha value is -0.900. The Morgan fingerprint density at radius 1 is 1.00 bits per heavy atom. The summed E-state index contributed by atoms with van der Waals surface area (Å²) in [5.74, 6) is 0.0550. The highest BCUT2D eigenvalue weighted by Gasteiger charge is 2.77. The van der Waals surface area contributed by atoms with Gasteiger partial charge in [-0.1, -0.05) is 0 Å². The van der Waals surface area contributed by atoms with Crippen molar-refractivity contribution >= 4 is 11.8 Å². The zero-order chi connectivity index (χ0) is 12.0. The topological polar surface area (TPSA) is 46.6 Å². The Bertz CT molecular complexity index is 410. The first-order valence-electron chi connectivity index (χ1n) is 6.55. The minimum Gasteiger partial charge on any atom is -0.373 e. The van der Waals surface area contributed by atoms with Gasteiger partial charge < -0.3 is 4.74 Å². The van der Waals surface area contributed by atoms with Crippen LogP contribution in [0, 0.1) is 10.8 Å². The quantitative estimate of drug-likeness (QED) is 0.639. The van der Waals surface area contributed by atoms with E-state index in [4.69, 9.17) is 4.74 Å². The minimum absolute atomic E-state index is 0.0275. The van der Waals surface area contributed by atoms with Gasteiger partial charge in [-0.2, -0.15) is 0 Å². The number of rotatable bonds is 1. The Labute approximate surface area is 100 Å². The molecule has 0 radical (unpaired) electrons. The number of fused-ring (bicyclic) bond motifs is 5. The van der Waals surface area contributed by atoms with Gasteiger partial charge in [-0.25, -0.2) is 0 Å². The lowest BCUT2D eigenvalue weighted by Gasteiger charge is -2.36. The van der Waals surface area contributed by atoms with E-state index in [0.717, 1.165) is 25.7 Å². The number of likely N-dealkylation sites (tertiary alicyclic amines) is 1. The zero-order valence-electron chi connectivity index (χ0n) is 10.2. The fourth-order valence-corrected chi connectivity index (χ4v) is 4.13. The van der Waals surface area contributed by atoms with Crippen molar-refractivity contribution in [2.45, 2.75) is 57.8 Å². The van der Waals surface area contributed by atoms with E-state index in [9.17, 15) is 9.59 Å². The van der Waals surface area contributed by atoms with Gasteiger partial charge in [-0.15, -0.1) is 0 Å². The van der Waals surface area contributed by atoms with E-state index >= 15 is 0 Å². The molecule has 0 aromatic carbocycles. The fourth-order valence-electron chi connectivity index (χ4n) is 4.13. The lowest BCUT2D eigenvalue weighted by molar-refractivity contribution is -0.145. The van der Waals surface area contributed by atoms with Gasteiger partial charge in [-0.05, 0) is 39.5 Å². The van der Waals surface area contributed by atoms with Gasteiger partial charge in [0.2, 0.25) is 11.8 Å². The smallest absolute Gasteiger partial charge is 0.239 e. The van der Waals surface area contributed by atoms with Crippen LogP contribution in [-0.4, -0.2) is 35.0 Å². The zero-order valence-corrected chi connectivity index (χ0v) is 10.2. The van der Waals surface area contributed by atoms with Gasteiger partial charge >= 0.3 is 0 Å². The summed E-state index contributed by atoms with van der Waals surface area (Å²) < 4.78 is 5.87. The molecule has 4 fully saturated rings. The lowest BCUT2D eigenvalue weighted by atomic mass is 9.59. The molecule has 4 atom stereocenters. The molecular formula is C13H17NO3. The van der Waals surface area contributed by atoms with Crippen LogP contribution in [0.25, 0.3) is 0 Å². The van der Waals surface area contributed by atoms with Crippen LogP contribution in [0.5, 0.6) is 0 Å². The molecule has 2 bridgehead atoms. The molecule has 92 valence electrons. The predicted molar refractivity (Wildman–Crippen MR) is 59.0 cm³/mol. The maximum Gasteiger partial charge on any atom is 0.239 e. The van der Waals surface area contributed by atoms with Crippen molar-refractivity contribution in [2.75, 3.05) is 0 Å². The van der Waals surface area contributed by atoms with Crippen LogP contribution in [0.3, 0.4) is 0 Å². The Balaban J connectivity index is 1.88. The Kier molecular flexibility index (Phi) is 1.53. The highest BCUT2D eigenvalue weighted by Crippen LogP contribution is 2.65. The molecule has 2 amide bonds. The standard InChI is InChI=1S/C13H17NO3/c1-12-8-5-6-9(17-8)13(12,2)11(16)14(10(12)15)7-3-4-7/h7-9H,3-6H2,1-2H3/t8-,9+,12+,13-. The van der Waals surface area contributed by atoms with Crippen LogP contribution in [0.1, 0.15) is 39.5 Å². The molecule has 0 aromatic rings. The molecule has 1 aliphatic carbocycles. The SMILES string of the molecule is C[C@@]12C(=O)N(C3CC3)C(=O)[C@]1(C)[C@H]1CC[C@@H]2O1. The molecule has 3 heterocycles. The molecule has 1 saturated carbocycles. The molecule has 0 N–H and O–H groups in total. The second kappa shape index (κ2) is 2.58. The second-order valence-electron chi connectivity index (χ2n) is 6.31. The molecule has 4 heteroatoms. The van der Waals surface area contributed by atoms with Gasteiger partial charge in [0, 0.05) is 6.04 Å². The molecule has 4 aliphatic rings. The first-order chi connectivity index (χ1) is 8.01. The number of ether oxygens (including phenoxy) is 1. The van der Waals surface area contributed by atoms with Crippen LogP contribution < -0.4 is 0 Å². The third-order valence-electron chi connectivity index (χ3n) is 5.62. The summed E-state index contributed by atoms with van der Waals surface area (Å²) in [5, 5.41) is 0. The monoisotopic (exact) mass is 235 g/mol. The van der Waals surface area contributed by atoms with E-state index in [1.54, 1.807) is 4.90 Å². The summed E-state index contributed by atoms with van der Waals surface area (Å²) in [4.78, 5) is 26.8. The first kappa shape index (κ1) is 10.1. The molecule has 0 unspecified atom stereocenters. The van der Waals surface area contributed by atoms with Crippen molar-refractivity contribution in [3.8, 4) is 0 Å². The molecule has 4 rings (SSSR count). The number of amides is 2. The van der Waals surface area contributed by atoms with Gasteiger partial charge in [0.1, 0.15) is 0 Å². The van der Waals surface area contributed by atoms with E-state index in [2.05, 4.69) is 0 Å². The van der Waals surface area contributed by atoms with Crippen LogP contribution in [0.4, 0.5) is 0 Å². The van der Waals surface area contributed by atoms with E-state index in [1.807, 2.05) is 13.8 Å². The first-order valence-corrected chi connectivity index (χ1v) is 6.55. The third-order valence-corrected chi connectivity index (χ3v) is 5.62. The maximum atomic E-state index is 12.6. The largest absolute Gasteiger partial charge is 0.373 e. The highest BCUT2D eigenvalue weighted by molar-refractivity contribution is 6.11. The van der Waals surface area contributed by atoms with Crippen molar-refractivity contribution in [2.24, 2.45) is 10.8 Å². The van der Waals surface area contributed by atoms with E-state index in [1.165, 1.54) is 0 Å². The van der Waals surface area contributed by atoms with E-state index < -0.39 is 10.8 Å². The van der Waals surface area contributed by atoms with Gasteiger partial charge in [0.25, 0.3) is 0 Å². The molecule has 0 aromatic heterocycles. The van der Waals surface area contributed by atoms with Crippen LogP contribution in [0.15, 0.2) is 0 Å². The lowest BCUT2D eigenvalue weighted by Crippen LogP contribution is -2.48. The number of imide groups is 1. The Morgan fingerprint density at radius 3 is 1.88 bits per heavy atom. The van der Waals surface area contributed by atoms with Gasteiger partial charge in [-0.3, -0.25) is 14.5 Å². The molecular weight excluding hydrogens is 218 g/mol. The number of nitrogens with zero attached hydrogens (tertiary/aromatic N) is 1. The minimum atomic E-state index is -0.602. The van der Waals surface area contributed by atoms with E-state index in [0.29, 0.717) is 0 Å². The summed E-state index contributed by atoms with van der Waals surface area (Å²) in [6.45, 7) is 3.89. The number of hydrogen-bond donors (Lipinski definition) is 0. The van der Waals surface area contributed by atoms with E-state index in [-0.39, 0.29) is 30.1 Å². The summed E-state index contributed by atoms with van der Waals surface area (Å²) in [7, 11) is 0. The number of carbonyl (C=O) groups is 2. The average molecular weight is 235 g/mol. The highest BCUT2D eigenvalue weighted by atomic mass is 16.5. The Morgan fingerprint density at radius 2 is 1.47 bits per heavy atom. The normalized spacial score (nSPS) is 52.5. The fraction of sp³-hybridized carbons (Fsp3) is 0.846. The van der Waals surface area contributed by atoms with Gasteiger partial charge in [0.15, 0.2) is 0 Å². The summed E-state index contributed by atoms with van der Waals surface area (Å²) in [5.41, 5.74) is -1.20. The van der Waals surface area contributed by atoms with Crippen molar-refractivity contribution in [1.29, 1.82) is 0 Å².